The van der Waals surface area contributed by atoms with Gasteiger partial charge in [0.2, 0.25) is 0 Å². The van der Waals surface area contributed by atoms with Crippen LogP contribution >= 0.6 is 0 Å². The first-order valence-electron chi connectivity index (χ1n) is 10.1. The molecule has 1 saturated heterocycles. The van der Waals surface area contributed by atoms with E-state index in [1.165, 1.54) is 22.3 Å². The fraction of sp³-hybridized carbons (Fsp3) is 0.435. The van der Waals surface area contributed by atoms with Crippen molar-refractivity contribution in [2.24, 2.45) is 0 Å². The summed E-state index contributed by atoms with van der Waals surface area (Å²) in [6.45, 7) is 3.39. The number of nitrogens with one attached hydrogen (secondary N) is 1. The highest BCUT2D eigenvalue weighted by Crippen LogP contribution is 2.44. The first-order valence-corrected chi connectivity index (χ1v) is 10.1. The third-order valence-electron chi connectivity index (χ3n) is 5.38. The number of hydrogen-bond acceptors (Lipinski definition) is 4. The van der Waals surface area contributed by atoms with E-state index in [1.807, 2.05) is 31.2 Å². The molecule has 28 heavy (non-hydrogen) atoms. The summed E-state index contributed by atoms with van der Waals surface area (Å²) >= 11 is 0. The zero-order valence-electron chi connectivity index (χ0n) is 16.2. The van der Waals surface area contributed by atoms with Crippen LogP contribution in [0.3, 0.4) is 0 Å². The molecule has 0 radical (unpaired) electrons. The Kier molecular flexibility index (Phi) is 5.93. The number of amides is 1. The Morgan fingerprint density at radius 1 is 1.11 bits per heavy atom. The second-order valence-electron chi connectivity index (χ2n) is 7.50. The van der Waals surface area contributed by atoms with Gasteiger partial charge in [-0.1, -0.05) is 48.5 Å². The third-order valence-corrected chi connectivity index (χ3v) is 5.38. The van der Waals surface area contributed by atoms with Crippen LogP contribution in [0.2, 0.25) is 0 Å². The number of alkyl carbamates (subject to hydrolysis) is 1. The van der Waals surface area contributed by atoms with E-state index >= 15 is 0 Å². The highest BCUT2D eigenvalue weighted by Gasteiger charge is 2.29. The Hall–Kier alpha value is -2.37. The number of fused-ring (bicyclic) bond motifs is 3. The standard InChI is InChI=1S/C23H27NO4/c1-16(14-27-22-12-6-7-13-26-22)24-23(25)28-15-21-19-10-4-2-8-17(19)18-9-3-5-11-20(18)21/h2-5,8-11,16,21-22H,6-7,12-15H2,1H3,(H,24,25). The minimum Gasteiger partial charge on any atom is -0.449 e. The van der Waals surface area contributed by atoms with Gasteiger partial charge in [0, 0.05) is 12.5 Å². The smallest absolute Gasteiger partial charge is 0.407 e. The minimum atomic E-state index is -0.414. The van der Waals surface area contributed by atoms with Crippen LogP contribution in [-0.4, -0.2) is 38.2 Å². The molecule has 0 spiro atoms. The molecular formula is C23H27NO4. The molecule has 1 aliphatic carbocycles. The van der Waals surface area contributed by atoms with E-state index in [9.17, 15) is 4.79 Å². The molecule has 1 heterocycles. The van der Waals surface area contributed by atoms with Gasteiger partial charge in [-0.2, -0.15) is 0 Å². The second kappa shape index (κ2) is 8.76. The van der Waals surface area contributed by atoms with Crippen molar-refractivity contribution < 1.29 is 19.0 Å². The van der Waals surface area contributed by atoms with Crippen molar-refractivity contribution in [1.29, 1.82) is 0 Å². The molecule has 4 rings (SSSR count). The molecule has 2 unspecified atom stereocenters. The highest BCUT2D eigenvalue weighted by atomic mass is 16.7. The lowest BCUT2D eigenvalue weighted by atomic mass is 9.98. The van der Waals surface area contributed by atoms with Crippen molar-refractivity contribution in [1.82, 2.24) is 5.32 Å². The van der Waals surface area contributed by atoms with Crippen LogP contribution in [0, 0.1) is 0 Å². The lowest BCUT2D eigenvalue weighted by Gasteiger charge is -2.24. The molecule has 1 N–H and O–H groups in total. The summed E-state index contributed by atoms with van der Waals surface area (Å²) in [7, 11) is 0. The van der Waals surface area contributed by atoms with Crippen molar-refractivity contribution in [2.75, 3.05) is 19.8 Å². The monoisotopic (exact) mass is 381 g/mol. The normalized spacial score (nSPS) is 19.5. The zero-order chi connectivity index (χ0) is 19.3. The van der Waals surface area contributed by atoms with Crippen molar-refractivity contribution in [2.45, 2.75) is 44.4 Å². The summed E-state index contributed by atoms with van der Waals surface area (Å²) in [6, 6.07) is 16.5. The summed E-state index contributed by atoms with van der Waals surface area (Å²) in [4.78, 5) is 12.3. The van der Waals surface area contributed by atoms with E-state index in [-0.39, 0.29) is 18.2 Å². The number of carbonyl (C=O) groups excluding carboxylic acids is 1. The highest BCUT2D eigenvalue weighted by molar-refractivity contribution is 5.79. The lowest BCUT2D eigenvalue weighted by molar-refractivity contribution is -0.164. The molecule has 2 atom stereocenters. The Bertz CT molecular complexity index is 770. The average Bonchev–Trinajstić information content (AvgIpc) is 3.05. The van der Waals surface area contributed by atoms with Gasteiger partial charge < -0.3 is 19.5 Å². The van der Waals surface area contributed by atoms with Crippen LogP contribution in [0.15, 0.2) is 48.5 Å². The van der Waals surface area contributed by atoms with Gasteiger partial charge in [-0.05, 0) is 48.4 Å². The van der Waals surface area contributed by atoms with E-state index in [2.05, 4.69) is 29.6 Å². The van der Waals surface area contributed by atoms with Crippen molar-refractivity contribution >= 4 is 6.09 Å². The van der Waals surface area contributed by atoms with E-state index in [4.69, 9.17) is 14.2 Å². The molecule has 1 aliphatic heterocycles. The van der Waals surface area contributed by atoms with E-state index in [1.54, 1.807) is 0 Å². The second-order valence-corrected chi connectivity index (χ2v) is 7.50. The first-order chi connectivity index (χ1) is 13.7. The Morgan fingerprint density at radius 3 is 2.43 bits per heavy atom. The number of rotatable bonds is 6. The predicted octanol–water partition coefficient (Wildman–Crippen LogP) is 4.46. The predicted molar refractivity (Wildman–Crippen MR) is 107 cm³/mol. The van der Waals surface area contributed by atoms with E-state index in [0.717, 1.165) is 25.9 Å². The van der Waals surface area contributed by atoms with Gasteiger partial charge >= 0.3 is 6.09 Å². The maximum atomic E-state index is 12.3. The van der Waals surface area contributed by atoms with Gasteiger partial charge in [-0.15, -0.1) is 0 Å². The molecule has 2 aromatic carbocycles. The fourth-order valence-corrected chi connectivity index (χ4v) is 3.98. The Morgan fingerprint density at radius 2 is 1.79 bits per heavy atom. The van der Waals surface area contributed by atoms with Gasteiger partial charge in [-0.25, -0.2) is 4.79 Å². The quantitative estimate of drug-likeness (QED) is 0.803. The molecule has 0 aromatic heterocycles. The van der Waals surface area contributed by atoms with Crippen LogP contribution in [0.1, 0.15) is 43.2 Å². The largest absolute Gasteiger partial charge is 0.449 e. The number of ether oxygens (including phenoxy) is 3. The van der Waals surface area contributed by atoms with Crippen LogP contribution in [-0.2, 0) is 14.2 Å². The maximum Gasteiger partial charge on any atom is 0.407 e. The summed E-state index contributed by atoms with van der Waals surface area (Å²) in [5, 5.41) is 2.85. The Balaban J connectivity index is 1.30. The molecule has 1 fully saturated rings. The molecule has 5 heteroatoms. The molecule has 2 aromatic rings. The summed E-state index contributed by atoms with van der Waals surface area (Å²) < 4.78 is 16.8. The molecule has 1 amide bonds. The van der Waals surface area contributed by atoms with Crippen molar-refractivity contribution in [3.63, 3.8) is 0 Å². The van der Waals surface area contributed by atoms with Gasteiger partial charge in [0.05, 0.1) is 12.6 Å². The molecule has 0 bridgehead atoms. The number of carbonyl (C=O) groups is 1. The van der Waals surface area contributed by atoms with E-state index < -0.39 is 6.09 Å². The summed E-state index contributed by atoms with van der Waals surface area (Å²) in [6.07, 6.45) is 2.56. The fourth-order valence-electron chi connectivity index (χ4n) is 3.98. The average molecular weight is 381 g/mol. The molecule has 148 valence electrons. The minimum absolute atomic E-state index is 0.0698. The molecule has 2 aliphatic rings. The lowest BCUT2D eigenvalue weighted by Crippen LogP contribution is -2.38. The molecule has 5 nitrogen and oxygen atoms in total. The van der Waals surface area contributed by atoms with Crippen molar-refractivity contribution in [3.8, 4) is 11.1 Å². The number of benzene rings is 2. The van der Waals surface area contributed by atoms with Gasteiger partial charge in [-0.3, -0.25) is 0 Å². The Labute approximate surface area is 166 Å². The maximum absolute atomic E-state index is 12.3. The SMILES string of the molecule is CC(COC1CCCCO1)NC(=O)OCC1c2ccccc2-c2ccccc21. The molecule has 0 saturated carbocycles. The molecular weight excluding hydrogens is 354 g/mol. The summed E-state index contributed by atoms with van der Waals surface area (Å²) in [5.74, 6) is 0.0698. The van der Waals surface area contributed by atoms with Crippen LogP contribution in [0.25, 0.3) is 11.1 Å². The van der Waals surface area contributed by atoms with E-state index in [0.29, 0.717) is 13.2 Å². The topological polar surface area (TPSA) is 56.8 Å². The third kappa shape index (κ3) is 4.21. The number of hydrogen-bond donors (Lipinski definition) is 1. The van der Waals surface area contributed by atoms with Gasteiger partial charge in [0.25, 0.3) is 0 Å². The van der Waals surface area contributed by atoms with Crippen LogP contribution in [0.4, 0.5) is 4.79 Å². The summed E-state index contributed by atoms with van der Waals surface area (Å²) in [5.41, 5.74) is 4.87. The van der Waals surface area contributed by atoms with Gasteiger partial charge in [0.15, 0.2) is 6.29 Å². The van der Waals surface area contributed by atoms with Crippen LogP contribution < -0.4 is 5.32 Å². The van der Waals surface area contributed by atoms with Crippen molar-refractivity contribution in [3.05, 3.63) is 59.7 Å². The first kappa shape index (κ1) is 19.0. The zero-order valence-corrected chi connectivity index (χ0v) is 16.2. The van der Waals surface area contributed by atoms with Gasteiger partial charge in [0.1, 0.15) is 6.61 Å². The van der Waals surface area contributed by atoms with Crippen LogP contribution in [0.5, 0.6) is 0 Å².